The van der Waals surface area contributed by atoms with Crippen molar-refractivity contribution in [2.45, 2.75) is 38.4 Å². The lowest BCUT2D eigenvalue weighted by atomic mass is 9.99. The minimum absolute atomic E-state index is 0.173. The van der Waals surface area contributed by atoms with Crippen molar-refractivity contribution in [1.82, 2.24) is 5.32 Å². The van der Waals surface area contributed by atoms with Gasteiger partial charge >= 0.3 is 6.18 Å². The molecule has 0 saturated heterocycles. The summed E-state index contributed by atoms with van der Waals surface area (Å²) >= 11 is 6.10. The Morgan fingerprint density at radius 2 is 2.14 bits per heavy atom. The lowest BCUT2D eigenvalue weighted by molar-refractivity contribution is -0.140. The van der Waals surface area contributed by atoms with Gasteiger partial charge in [0.05, 0.1) is 12.8 Å². The van der Waals surface area contributed by atoms with Crippen LogP contribution in [0.1, 0.15) is 36.9 Å². The van der Waals surface area contributed by atoms with Crippen LogP contribution in [-0.2, 0) is 11.2 Å². The summed E-state index contributed by atoms with van der Waals surface area (Å²) in [6, 6.07) is 2.21. The maximum Gasteiger partial charge on any atom is 0.390 e. The van der Waals surface area contributed by atoms with Crippen LogP contribution < -0.4 is 10.6 Å². The van der Waals surface area contributed by atoms with Gasteiger partial charge in [0.2, 0.25) is 5.91 Å². The van der Waals surface area contributed by atoms with Crippen molar-refractivity contribution in [3.8, 4) is 0 Å². The summed E-state index contributed by atoms with van der Waals surface area (Å²) in [6.07, 6.45) is -4.39. The zero-order valence-corrected chi connectivity index (χ0v) is 12.2. The van der Waals surface area contributed by atoms with Crippen molar-refractivity contribution in [3.63, 3.8) is 0 Å². The van der Waals surface area contributed by atoms with Gasteiger partial charge in [0.25, 0.3) is 0 Å². The first kappa shape index (κ1) is 16.1. The summed E-state index contributed by atoms with van der Waals surface area (Å²) in [5, 5.41) is 5.74. The van der Waals surface area contributed by atoms with Crippen LogP contribution in [0.2, 0.25) is 5.02 Å². The van der Waals surface area contributed by atoms with Crippen LogP contribution in [0.5, 0.6) is 0 Å². The highest BCUT2D eigenvalue weighted by molar-refractivity contribution is 6.32. The number of hydrogen-bond acceptors (Lipinski definition) is 2. The molecule has 1 unspecified atom stereocenters. The number of carbonyl (C=O) groups is 1. The second-order valence-corrected chi connectivity index (χ2v) is 5.49. The number of carbonyl (C=O) groups excluding carboxylic acids is 1. The molecule has 0 aromatic heterocycles. The molecule has 3 nitrogen and oxygen atoms in total. The zero-order valence-electron chi connectivity index (χ0n) is 11.5. The Bertz CT molecular complexity index is 546. The number of alkyl halides is 3. The van der Waals surface area contributed by atoms with E-state index in [-0.39, 0.29) is 17.4 Å². The molecule has 21 heavy (non-hydrogen) atoms. The van der Waals surface area contributed by atoms with Gasteiger partial charge in [-0.15, -0.1) is 0 Å². The summed E-state index contributed by atoms with van der Waals surface area (Å²) in [5.41, 5.74) is 1.65. The molecule has 1 atom stereocenters. The molecule has 0 spiro atoms. The summed E-state index contributed by atoms with van der Waals surface area (Å²) in [5.74, 6) is -0.174. The number of benzene rings is 1. The minimum Gasteiger partial charge on any atom is -0.325 e. The van der Waals surface area contributed by atoms with Crippen LogP contribution in [0, 0.1) is 0 Å². The third kappa shape index (κ3) is 4.11. The van der Waals surface area contributed by atoms with Crippen molar-refractivity contribution in [2.24, 2.45) is 0 Å². The third-order valence-corrected chi connectivity index (χ3v) is 3.63. The van der Waals surface area contributed by atoms with Crippen LogP contribution in [0.3, 0.4) is 0 Å². The van der Waals surface area contributed by atoms with Crippen LogP contribution in [0.4, 0.5) is 18.9 Å². The second-order valence-electron chi connectivity index (χ2n) is 5.08. The largest absolute Gasteiger partial charge is 0.390 e. The average Bonchev–Trinajstić information content (AvgIpc) is 2.71. The molecule has 2 rings (SSSR count). The molecular weight excluding hydrogens is 305 g/mol. The molecule has 1 aromatic carbocycles. The predicted octanol–water partition coefficient (Wildman–Crippen LogP) is 3.83. The van der Waals surface area contributed by atoms with Crippen LogP contribution in [0.25, 0.3) is 0 Å². The van der Waals surface area contributed by atoms with E-state index in [0.29, 0.717) is 23.4 Å². The van der Waals surface area contributed by atoms with Gasteiger partial charge in [0, 0.05) is 16.8 Å². The fourth-order valence-electron chi connectivity index (χ4n) is 2.38. The Kier molecular flexibility index (Phi) is 4.78. The molecule has 1 aliphatic heterocycles. The number of rotatable bonds is 5. The zero-order chi connectivity index (χ0) is 15.6. The summed E-state index contributed by atoms with van der Waals surface area (Å²) in [6.45, 7) is 2.34. The van der Waals surface area contributed by atoms with E-state index in [9.17, 15) is 18.0 Å². The van der Waals surface area contributed by atoms with Crippen molar-refractivity contribution in [1.29, 1.82) is 0 Å². The Morgan fingerprint density at radius 3 is 2.76 bits per heavy atom. The van der Waals surface area contributed by atoms with Gasteiger partial charge in [0.15, 0.2) is 0 Å². The molecule has 1 aliphatic rings. The van der Waals surface area contributed by atoms with E-state index in [1.165, 1.54) is 6.07 Å². The van der Waals surface area contributed by atoms with E-state index in [1.54, 1.807) is 6.07 Å². The molecule has 1 amide bonds. The number of halogens is 4. The molecule has 2 N–H and O–H groups in total. The van der Waals surface area contributed by atoms with Gasteiger partial charge in [-0.2, -0.15) is 13.2 Å². The van der Waals surface area contributed by atoms with Crippen molar-refractivity contribution >= 4 is 23.2 Å². The Hall–Kier alpha value is -1.27. The minimum atomic E-state index is -4.29. The number of anilines is 1. The van der Waals surface area contributed by atoms with E-state index >= 15 is 0 Å². The van der Waals surface area contributed by atoms with Crippen molar-refractivity contribution < 1.29 is 18.0 Å². The Morgan fingerprint density at radius 1 is 1.43 bits per heavy atom. The molecule has 0 bridgehead atoms. The lowest BCUT2D eigenvalue weighted by Crippen LogP contribution is -2.27. The summed E-state index contributed by atoms with van der Waals surface area (Å²) in [4.78, 5) is 11.3. The number of nitrogens with one attached hydrogen (secondary N) is 2. The van der Waals surface area contributed by atoms with Crippen LogP contribution >= 0.6 is 11.6 Å². The first-order valence-corrected chi connectivity index (χ1v) is 7.10. The van der Waals surface area contributed by atoms with Gasteiger partial charge < -0.3 is 10.6 Å². The molecule has 0 aliphatic carbocycles. The maximum atomic E-state index is 12.7. The number of fused-ring (bicyclic) bond motifs is 1. The topological polar surface area (TPSA) is 41.1 Å². The first-order valence-electron chi connectivity index (χ1n) is 6.72. The highest BCUT2D eigenvalue weighted by Gasteiger charge is 2.34. The van der Waals surface area contributed by atoms with E-state index < -0.39 is 18.6 Å². The highest BCUT2D eigenvalue weighted by Crippen LogP contribution is 2.37. The van der Waals surface area contributed by atoms with E-state index in [0.717, 1.165) is 6.42 Å². The molecule has 116 valence electrons. The van der Waals surface area contributed by atoms with E-state index in [2.05, 4.69) is 10.6 Å². The van der Waals surface area contributed by atoms with Crippen LogP contribution in [-0.4, -0.2) is 18.6 Å². The predicted molar refractivity (Wildman–Crippen MR) is 75.5 cm³/mol. The second kappa shape index (κ2) is 6.23. The van der Waals surface area contributed by atoms with Crippen molar-refractivity contribution in [2.75, 3.05) is 11.9 Å². The highest BCUT2D eigenvalue weighted by atomic mass is 35.5. The molecule has 0 saturated carbocycles. The number of hydrogen-bond donors (Lipinski definition) is 2. The Labute approximate surface area is 125 Å². The van der Waals surface area contributed by atoms with E-state index in [1.807, 2.05) is 6.92 Å². The normalized spacial score (nSPS) is 15.8. The SMILES string of the molecule is CCCNC(CC(F)(F)F)c1cc2c(cc1Cl)NC(=O)C2. The van der Waals surface area contributed by atoms with Crippen molar-refractivity contribution in [3.05, 3.63) is 28.3 Å². The van der Waals surface area contributed by atoms with Gasteiger partial charge in [-0.05, 0) is 30.2 Å². The number of amides is 1. The lowest BCUT2D eigenvalue weighted by Gasteiger charge is -2.22. The molecule has 1 aromatic rings. The quantitative estimate of drug-likeness (QED) is 0.865. The average molecular weight is 321 g/mol. The van der Waals surface area contributed by atoms with Gasteiger partial charge in [-0.1, -0.05) is 24.6 Å². The molecule has 0 fully saturated rings. The maximum absolute atomic E-state index is 12.7. The smallest absolute Gasteiger partial charge is 0.325 e. The molecular formula is C14H16ClF3N2O. The fourth-order valence-corrected chi connectivity index (χ4v) is 2.67. The standard InChI is InChI=1S/C14H16ClF3N2O/c1-2-3-19-12(7-14(16,17)18)9-4-8-5-13(21)20-11(8)6-10(9)15/h4,6,12,19H,2-3,5,7H2,1H3,(H,20,21). The molecule has 1 heterocycles. The Balaban J connectivity index is 2.31. The summed E-state index contributed by atoms with van der Waals surface area (Å²) in [7, 11) is 0. The first-order chi connectivity index (χ1) is 9.80. The van der Waals surface area contributed by atoms with Gasteiger partial charge in [0.1, 0.15) is 0 Å². The molecule has 7 heteroatoms. The van der Waals surface area contributed by atoms with Gasteiger partial charge in [-0.25, -0.2) is 0 Å². The molecule has 0 radical (unpaired) electrons. The fraction of sp³-hybridized carbons (Fsp3) is 0.500. The van der Waals surface area contributed by atoms with Gasteiger partial charge in [-0.3, -0.25) is 4.79 Å². The van der Waals surface area contributed by atoms with Crippen LogP contribution in [0.15, 0.2) is 12.1 Å². The third-order valence-electron chi connectivity index (χ3n) is 3.30. The van der Waals surface area contributed by atoms with E-state index in [4.69, 9.17) is 11.6 Å². The monoisotopic (exact) mass is 320 g/mol. The summed E-state index contributed by atoms with van der Waals surface area (Å²) < 4.78 is 38.2.